The molecule has 0 spiro atoms. The monoisotopic (exact) mass is 340 g/mol. The van der Waals surface area contributed by atoms with Gasteiger partial charge in [0.2, 0.25) is 0 Å². The summed E-state index contributed by atoms with van der Waals surface area (Å²) in [6.07, 6.45) is 0. The van der Waals surface area contributed by atoms with Crippen molar-refractivity contribution >= 4 is 27.4 Å². The number of ether oxygens (including phenoxy) is 1. The highest BCUT2D eigenvalue weighted by atomic mass is 79.9. The molecule has 2 aromatic carbocycles. The Morgan fingerprint density at radius 2 is 1.57 bits per heavy atom. The van der Waals surface area contributed by atoms with Crippen molar-refractivity contribution in [3.8, 4) is 11.5 Å². The quantitative estimate of drug-likeness (QED) is 0.647. The summed E-state index contributed by atoms with van der Waals surface area (Å²) in [6, 6.07) is 23.2. The van der Waals surface area contributed by atoms with Crippen LogP contribution in [0.25, 0.3) is 0 Å². The van der Waals surface area contributed by atoms with Crippen LogP contribution in [0.4, 0.5) is 11.5 Å². The molecule has 0 aliphatic heterocycles. The summed E-state index contributed by atoms with van der Waals surface area (Å²) in [4.78, 5) is 4.37. The molecule has 0 saturated carbocycles. The van der Waals surface area contributed by atoms with Gasteiger partial charge in [-0.15, -0.1) is 0 Å². The molecule has 21 heavy (non-hydrogen) atoms. The Kier molecular flexibility index (Phi) is 4.17. The molecule has 0 aliphatic carbocycles. The fourth-order valence-electron chi connectivity index (χ4n) is 1.89. The first-order valence-corrected chi connectivity index (χ1v) is 7.32. The van der Waals surface area contributed by atoms with Gasteiger partial charge in [-0.1, -0.05) is 36.4 Å². The smallest absolute Gasteiger partial charge is 0.150 e. The van der Waals surface area contributed by atoms with E-state index >= 15 is 0 Å². The molecule has 3 nitrogen and oxygen atoms in total. The number of hydrogen-bond donors (Lipinski definition) is 1. The van der Waals surface area contributed by atoms with E-state index in [-0.39, 0.29) is 0 Å². The first-order chi connectivity index (χ1) is 10.3. The normalized spacial score (nSPS) is 10.1. The molecule has 0 radical (unpaired) electrons. The zero-order chi connectivity index (χ0) is 14.5. The van der Waals surface area contributed by atoms with Crippen molar-refractivity contribution < 1.29 is 4.74 Å². The molecular formula is C17H13BrN2O. The van der Waals surface area contributed by atoms with Gasteiger partial charge in [0.1, 0.15) is 16.2 Å². The lowest BCUT2D eigenvalue weighted by atomic mass is 10.3. The number of nitrogens with zero attached hydrogens (tertiary/aromatic N) is 1. The molecule has 104 valence electrons. The third kappa shape index (κ3) is 3.61. The van der Waals surface area contributed by atoms with Gasteiger partial charge in [-0.3, -0.25) is 0 Å². The van der Waals surface area contributed by atoms with Gasteiger partial charge in [0.25, 0.3) is 0 Å². The van der Waals surface area contributed by atoms with E-state index in [0.29, 0.717) is 0 Å². The first-order valence-electron chi connectivity index (χ1n) is 6.53. The molecule has 1 heterocycles. The Hall–Kier alpha value is -2.33. The molecule has 0 bridgehead atoms. The molecule has 1 aromatic heterocycles. The van der Waals surface area contributed by atoms with Crippen LogP contribution >= 0.6 is 15.9 Å². The minimum Gasteiger partial charge on any atom is -0.455 e. The third-order valence-electron chi connectivity index (χ3n) is 2.84. The highest BCUT2D eigenvalue weighted by Gasteiger charge is 2.05. The molecule has 3 rings (SSSR count). The zero-order valence-corrected chi connectivity index (χ0v) is 12.7. The summed E-state index contributed by atoms with van der Waals surface area (Å²) in [5.74, 6) is 2.31. The van der Waals surface area contributed by atoms with Crippen LogP contribution in [-0.2, 0) is 0 Å². The molecule has 1 N–H and O–H groups in total. The minimum atomic E-state index is 0.755. The summed E-state index contributed by atoms with van der Waals surface area (Å²) >= 11 is 3.37. The highest BCUT2D eigenvalue weighted by molar-refractivity contribution is 9.10. The number of para-hydroxylation sites is 3. The standard InChI is InChI=1S/C17H13BrN2O/c18-16-11-6-12-17(20-16)19-14-9-4-5-10-15(14)21-13-7-2-1-3-8-13/h1-12H,(H,19,20). The third-order valence-corrected chi connectivity index (χ3v) is 3.28. The van der Waals surface area contributed by atoms with Gasteiger partial charge in [-0.2, -0.15) is 0 Å². The fraction of sp³-hybridized carbons (Fsp3) is 0. The Morgan fingerprint density at radius 3 is 2.38 bits per heavy atom. The van der Waals surface area contributed by atoms with E-state index in [2.05, 4.69) is 26.2 Å². The summed E-state index contributed by atoms with van der Waals surface area (Å²) in [5.41, 5.74) is 0.868. The SMILES string of the molecule is Brc1cccc(Nc2ccccc2Oc2ccccc2)n1. The van der Waals surface area contributed by atoms with E-state index < -0.39 is 0 Å². The predicted molar refractivity (Wildman–Crippen MR) is 88.2 cm³/mol. The van der Waals surface area contributed by atoms with Crippen LogP contribution in [0.5, 0.6) is 11.5 Å². The van der Waals surface area contributed by atoms with Crippen LogP contribution in [0.1, 0.15) is 0 Å². The van der Waals surface area contributed by atoms with Crippen molar-refractivity contribution in [2.75, 3.05) is 5.32 Å². The van der Waals surface area contributed by atoms with Crippen LogP contribution in [0.3, 0.4) is 0 Å². The second-order valence-corrected chi connectivity index (χ2v) is 5.19. The Bertz CT molecular complexity index is 732. The molecule has 0 unspecified atom stereocenters. The molecule has 0 fully saturated rings. The van der Waals surface area contributed by atoms with Gasteiger partial charge >= 0.3 is 0 Å². The maximum absolute atomic E-state index is 5.91. The van der Waals surface area contributed by atoms with Gasteiger partial charge in [-0.05, 0) is 52.3 Å². The number of benzene rings is 2. The summed E-state index contributed by atoms with van der Waals surface area (Å²) in [6.45, 7) is 0. The Balaban J connectivity index is 1.86. The van der Waals surface area contributed by atoms with Gasteiger partial charge < -0.3 is 10.1 Å². The van der Waals surface area contributed by atoms with E-state index in [4.69, 9.17) is 4.74 Å². The van der Waals surface area contributed by atoms with Crippen molar-refractivity contribution in [3.05, 3.63) is 77.4 Å². The minimum absolute atomic E-state index is 0.755. The molecule has 4 heteroatoms. The Morgan fingerprint density at radius 1 is 0.810 bits per heavy atom. The summed E-state index contributed by atoms with van der Waals surface area (Å²) in [7, 11) is 0. The van der Waals surface area contributed by atoms with E-state index in [0.717, 1.165) is 27.6 Å². The second kappa shape index (κ2) is 6.41. The van der Waals surface area contributed by atoms with Crippen LogP contribution in [0.2, 0.25) is 0 Å². The van der Waals surface area contributed by atoms with Gasteiger partial charge in [0, 0.05) is 0 Å². The summed E-state index contributed by atoms with van der Waals surface area (Å²) < 4.78 is 6.70. The number of hydrogen-bond acceptors (Lipinski definition) is 3. The molecule has 3 aromatic rings. The summed E-state index contributed by atoms with van der Waals surface area (Å²) in [5, 5.41) is 3.27. The maximum atomic E-state index is 5.91. The maximum Gasteiger partial charge on any atom is 0.150 e. The molecule has 0 aliphatic rings. The van der Waals surface area contributed by atoms with E-state index in [9.17, 15) is 0 Å². The largest absolute Gasteiger partial charge is 0.455 e. The second-order valence-electron chi connectivity index (χ2n) is 4.38. The van der Waals surface area contributed by atoms with Crippen LogP contribution in [0.15, 0.2) is 77.4 Å². The average Bonchev–Trinajstić information content (AvgIpc) is 2.50. The molecule has 0 amide bonds. The molecular weight excluding hydrogens is 328 g/mol. The van der Waals surface area contributed by atoms with Crippen molar-refractivity contribution in [2.24, 2.45) is 0 Å². The number of halogens is 1. The number of anilines is 2. The lowest BCUT2D eigenvalue weighted by Gasteiger charge is -2.12. The van der Waals surface area contributed by atoms with E-state index in [1.165, 1.54) is 0 Å². The number of pyridine rings is 1. The molecule has 0 atom stereocenters. The van der Waals surface area contributed by atoms with Crippen LogP contribution in [0, 0.1) is 0 Å². The van der Waals surface area contributed by atoms with E-state index in [1.807, 2.05) is 72.8 Å². The highest BCUT2D eigenvalue weighted by Crippen LogP contribution is 2.31. The van der Waals surface area contributed by atoms with Crippen molar-refractivity contribution in [2.45, 2.75) is 0 Å². The first kappa shape index (κ1) is 13.6. The van der Waals surface area contributed by atoms with Crippen molar-refractivity contribution in [3.63, 3.8) is 0 Å². The van der Waals surface area contributed by atoms with E-state index in [1.54, 1.807) is 0 Å². The van der Waals surface area contributed by atoms with Gasteiger partial charge in [-0.25, -0.2) is 4.98 Å². The number of nitrogens with one attached hydrogen (secondary N) is 1. The average molecular weight is 341 g/mol. The molecule has 0 saturated heterocycles. The topological polar surface area (TPSA) is 34.1 Å². The Labute approximate surface area is 131 Å². The zero-order valence-electron chi connectivity index (χ0n) is 11.2. The fourth-order valence-corrected chi connectivity index (χ4v) is 2.23. The van der Waals surface area contributed by atoms with Crippen LogP contribution in [-0.4, -0.2) is 4.98 Å². The van der Waals surface area contributed by atoms with Crippen molar-refractivity contribution in [1.82, 2.24) is 4.98 Å². The number of rotatable bonds is 4. The lowest BCUT2D eigenvalue weighted by Crippen LogP contribution is -1.96. The van der Waals surface area contributed by atoms with Gasteiger partial charge in [0.05, 0.1) is 5.69 Å². The van der Waals surface area contributed by atoms with Gasteiger partial charge in [0.15, 0.2) is 5.75 Å². The lowest BCUT2D eigenvalue weighted by molar-refractivity contribution is 0.485. The number of aromatic nitrogens is 1. The predicted octanol–water partition coefficient (Wildman–Crippen LogP) is 5.38. The van der Waals surface area contributed by atoms with Crippen LogP contribution < -0.4 is 10.1 Å². The van der Waals surface area contributed by atoms with Crippen molar-refractivity contribution in [1.29, 1.82) is 0 Å².